The second kappa shape index (κ2) is 7.48. The Bertz CT molecular complexity index is 1040. The van der Waals surface area contributed by atoms with Gasteiger partial charge in [0.1, 0.15) is 0 Å². The van der Waals surface area contributed by atoms with Gasteiger partial charge in [0.15, 0.2) is 5.78 Å². The largest absolute Gasteiger partial charge is 0.354 e. The van der Waals surface area contributed by atoms with Crippen LogP contribution in [-0.2, 0) is 4.79 Å². The van der Waals surface area contributed by atoms with Crippen molar-refractivity contribution in [3.8, 4) is 11.3 Å². The van der Waals surface area contributed by atoms with Gasteiger partial charge in [-0.2, -0.15) is 0 Å². The van der Waals surface area contributed by atoms with Crippen molar-refractivity contribution in [1.82, 2.24) is 14.8 Å². The number of ketones is 1. The molecular weight excluding hydrogens is 362 g/mol. The van der Waals surface area contributed by atoms with Gasteiger partial charge in [0, 0.05) is 43.0 Å². The fourth-order valence-electron chi connectivity index (χ4n) is 4.25. The third kappa shape index (κ3) is 3.58. The highest BCUT2D eigenvalue weighted by Gasteiger charge is 2.35. The molecule has 0 radical (unpaired) electrons. The van der Waals surface area contributed by atoms with E-state index in [9.17, 15) is 9.59 Å². The van der Waals surface area contributed by atoms with Crippen LogP contribution in [0.5, 0.6) is 0 Å². The van der Waals surface area contributed by atoms with Gasteiger partial charge >= 0.3 is 0 Å². The van der Waals surface area contributed by atoms with Crippen molar-refractivity contribution in [2.45, 2.75) is 12.8 Å². The number of hydrogen-bond acceptors (Lipinski definition) is 3. The van der Waals surface area contributed by atoms with E-state index < -0.39 is 0 Å². The summed E-state index contributed by atoms with van der Waals surface area (Å²) in [6, 6.07) is 18.0. The number of Topliss-reactive ketones (excluding diaryl/α,β-unsaturated/α-hetero) is 1. The summed E-state index contributed by atoms with van der Waals surface area (Å²) in [6.45, 7) is 3.34. The van der Waals surface area contributed by atoms with Crippen molar-refractivity contribution in [2.75, 3.05) is 32.7 Å². The number of nitrogens with one attached hydrogen (secondary N) is 1. The molecule has 0 unspecified atom stereocenters. The van der Waals surface area contributed by atoms with E-state index in [1.807, 2.05) is 59.5 Å². The summed E-state index contributed by atoms with van der Waals surface area (Å²) < 4.78 is 0. The number of H-pyrrole nitrogens is 1. The minimum atomic E-state index is 0.128. The Hall–Kier alpha value is -2.92. The van der Waals surface area contributed by atoms with E-state index in [-0.39, 0.29) is 11.7 Å². The summed E-state index contributed by atoms with van der Waals surface area (Å²) in [7, 11) is 0. The number of aromatic nitrogens is 1. The normalized spacial score (nSPS) is 17.6. The van der Waals surface area contributed by atoms with Crippen LogP contribution in [-0.4, -0.2) is 59.2 Å². The molecule has 1 N–H and O–H groups in total. The zero-order chi connectivity index (χ0) is 19.8. The standard InChI is InChI=1S/C24H25N3O2/c28-21(16-26-12-14-27(15-13-26)24(29)18-10-11-18)22-19-8-4-5-9-20(19)25-23(22)17-6-2-1-3-7-17/h1-9,18,25H,10-16H2. The van der Waals surface area contributed by atoms with Gasteiger partial charge in [0.2, 0.25) is 5.91 Å². The Kier molecular flexibility index (Phi) is 4.68. The SMILES string of the molecule is O=C(CN1CCN(C(=O)C2CC2)CC1)c1c(-c2ccccc2)[nH]c2ccccc12. The van der Waals surface area contributed by atoms with Crippen molar-refractivity contribution in [3.05, 3.63) is 60.2 Å². The van der Waals surface area contributed by atoms with Crippen molar-refractivity contribution in [2.24, 2.45) is 5.92 Å². The molecule has 29 heavy (non-hydrogen) atoms. The molecule has 148 valence electrons. The zero-order valence-electron chi connectivity index (χ0n) is 16.4. The average molecular weight is 387 g/mol. The van der Waals surface area contributed by atoms with E-state index in [1.165, 1.54) is 0 Å². The van der Waals surface area contributed by atoms with Crippen LogP contribution < -0.4 is 0 Å². The van der Waals surface area contributed by atoms with Crippen LogP contribution in [0.25, 0.3) is 22.2 Å². The summed E-state index contributed by atoms with van der Waals surface area (Å²) >= 11 is 0. The number of amides is 1. The molecule has 0 spiro atoms. The van der Waals surface area contributed by atoms with E-state index in [1.54, 1.807) is 0 Å². The number of piperazine rings is 1. The van der Waals surface area contributed by atoms with Gasteiger partial charge in [-0.15, -0.1) is 0 Å². The Morgan fingerprint density at radius 3 is 2.31 bits per heavy atom. The molecule has 2 aromatic carbocycles. The Morgan fingerprint density at radius 1 is 0.897 bits per heavy atom. The van der Waals surface area contributed by atoms with Crippen LogP contribution in [0, 0.1) is 5.92 Å². The maximum Gasteiger partial charge on any atom is 0.225 e. The number of carbonyl (C=O) groups excluding carboxylic acids is 2. The molecule has 2 heterocycles. The molecule has 5 nitrogen and oxygen atoms in total. The maximum atomic E-state index is 13.4. The molecule has 3 aromatic rings. The lowest BCUT2D eigenvalue weighted by atomic mass is 10.0. The second-order valence-corrected chi connectivity index (χ2v) is 8.09. The second-order valence-electron chi connectivity index (χ2n) is 8.09. The molecule has 2 fully saturated rings. The summed E-state index contributed by atoms with van der Waals surface area (Å²) in [5.41, 5.74) is 3.66. The fraction of sp³-hybridized carbons (Fsp3) is 0.333. The zero-order valence-corrected chi connectivity index (χ0v) is 16.4. The van der Waals surface area contributed by atoms with Crippen LogP contribution in [0.15, 0.2) is 54.6 Å². The van der Waals surface area contributed by atoms with Gasteiger partial charge in [0.25, 0.3) is 0 Å². The molecule has 1 amide bonds. The van der Waals surface area contributed by atoms with E-state index in [0.717, 1.165) is 66.7 Å². The number of carbonyl (C=O) groups is 2. The highest BCUT2D eigenvalue weighted by atomic mass is 16.2. The Labute approximate surface area is 170 Å². The molecule has 2 aliphatic rings. The summed E-state index contributed by atoms with van der Waals surface area (Å²) in [5.74, 6) is 0.699. The summed E-state index contributed by atoms with van der Waals surface area (Å²) in [6.07, 6.45) is 2.08. The monoisotopic (exact) mass is 387 g/mol. The smallest absolute Gasteiger partial charge is 0.225 e. The van der Waals surface area contributed by atoms with Crippen molar-refractivity contribution in [3.63, 3.8) is 0 Å². The first-order chi connectivity index (χ1) is 14.2. The first-order valence-electron chi connectivity index (χ1n) is 10.4. The predicted molar refractivity (Wildman–Crippen MR) is 114 cm³/mol. The number of fused-ring (bicyclic) bond motifs is 1. The Balaban J connectivity index is 1.36. The minimum absolute atomic E-state index is 0.128. The summed E-state index contributed by atoms with van der Waals surface area (Å²) in [4.78, 5) is 33.2. The van der Waals surface area contributed by atoms with Gasteiger partial charge in [0.05, 0.1) is 17.8 Å². The molecule has 1 aliphatic carbocycles. The number of hydrogen-bond donors (Lipinski definition) is 1. The average Bonchev–Trinajstić information content (AvgIpc) is 3.54. The molecular formula is C24H25N3O2. The van der Waals surface area contributed by atoms with Crippen LogP contribution in [0.3, 0.4) is 0 Å². The number of para-hydroxylation sites is 1. The van der Waals surface area contributed by atoms with Gasteiger partial charge in [-0.05, 0) is 24.5 Å². The first-order valence-corrected chi connectivity index (χ1v) is 10.4. The number of benzene rings is 2. The quantitative estimate of drug-likeness (QED) is 0.681. The first kappa shape index (κ1) is 18.1. The van der Waals surface area contributed by atoms with Gasteiger partial charge in [-0.1, -0.05) is 48.5 Å². The lowest BCUT2D eigenvalue weighted by Gasteiger charge is -2.34. The van der Waals surface area contributed by atoms with Crippen molar-refractivity contribution >= 4 is 22.6 Å². The molecule has 1 saturated carbocycles. The van der Waals surface area contributed by atoms with Crippen LogP contribution >= 0.6 is 0 Å². The highest BCUT2D eigenvalue weighted by molar-refractivity contribution is 6.14. The molecule has 0 atom stereocenters. The van der Waals surface area contributed by atoms with Gasteiger partial charge in [-0.25, -0.2) is 0 Å². The van der Waals surface area contributed by atoms with Crippen LogP contribution in [0.4, 0.5) is 0 Å². The molecule has 1 aliphatic heterocycles. The van der Waals surface area contributed by atoms with Gasteiger partial charge in [-0.3, -0.25) is 14.5 Å². The predicted octanol–water partition coefficient (Wildman–Crippen LogP) is 3.57. The van der Waals surface area contributed by atoms with Gasteiger partial charge < -0.3 is 9.88 Å². The summed E-state index contributed by atoms with van der Waals surface area (Å²) in [5, 5.41) is 0.971. The van der Waals surface area contributed by atoms with Crippen LogP contribution in [0.1, 0.15) is 23.2 Å². The number of aromatic amines is 1. The topological polar surface area (TPSA) is 56.4 Å². The highest BCUT2D eigenvalue weighted by Crippen LogP contribution is 2.32. The van der Waals surface area contributed by atoms with E-state index in [4.69, 9.17) is 0 Å². The van der Waals surface area contributed by atoms with E-state index in [0.29, 0.717) is 12.5 Å². The third-order valence-corrected chi connectivity index (χ3v) is 6.03. The van der Waals surface area contributed by atoms with Crippen LogP contribution in [0.2, 0.25) is 0 Å². The van der Waals surface area contributed by atoms with Crippen molar-refractivity contribution in [1.29, 1.82) is 0 Å². The molecule has 1 saturated heterocycles. The molecule has 5 rings (SSSR count). The number of nitrogens with zero attached hydrogens (tertiary/aromatic N) is 2. The van der Waals surface area contributed by atoms with E-state index >= 15 is 0 Å². The maximum absolute atomic E-state index is 13.4. The lowest BCUT2D eigenvalue weighted by molar-refractivity contribution is -0.134. The molecule has 0 bridgehead atoms. The molecule has 5 heteroatoms. The van der Waals surface area contributed by atoms with E-state index in [2.05, 4.69) is 9.88 Å². The lowest BCUT2D eigenvalue weighted by Crippen LogP contribution is -2.50. The fourth-order valence-corrected chi connectivity index (χ4v) is 4.25. The number of rotatable bonds is 5. The third-order valence-electron chi connectivity index (χ3n) is 6.03. The minimum Gasteiger partial charge on any atom is -0.354 e. The Morgan fingerprint density at radius 2 is 1.59 bits per heavy atom. The van der Waals surface area contributed by atoms with Crippen molar-refractivity contribution < 1.29 is 9.59 Å². The molecule has 1 aromatic heterocycles.